The Balaban J connectivity index is 1.43. The topological polar surface area (TPSA) is 102 Å². The number of carbonyl (C=O) groups excluding carboxylic acids is 1. The van der Waals surface area contributed by atoms with Gasteiger partial charge >= 0.3 is 0 Å². The maximum Gasteiger partial charge on any atom is 0.289 e. The minimum absolute atomic E-state index is 0.0281. The number of nitrogens with zero attached hydrogens (tertiary/aromatic N) is 3. The summed E-state index contributed by atoms with van der Waals surface area (Å²) in [5.41, 5.74) is 2.13. The van der Waals surface area contributed by atoms with Gasteiger partial charge in [-0.05, 0) is 36.7 Å². The van der Waals surface area contributed by atoms with Crippen molar-refractivity contribution in [3.8, 4) is 11.8 Å². The minimum Gasteiger partial charge on any atom is -0.449 e. The first-order valence-corrected chi connectivity index (χ1v) is 10.7. The summed E-state index contributed by atoms with van der Waals surface area (Å²) in [5.74, 6) is -2.85. The van der Waals surface area contributed by atoms with E-state index in [0.717, 1.165) is 10.8 Å². The van der Waals surface area contributed by atoms with Gasteiger partial charge in [0.15, 0.2) is 0 Å². The van der Waals surface area contributed by atoms with Gasteiger partial charge in [-0.3, -0.25) is 4.79 Å². The van der Waals surface area contributed by atoms with Crippen molar-refractivity contribution in [2.45, 2.75) is 31.7 Å². The lowest BCUT2D eigenvalue weighted by atomic mass is 10.1. The summed E-state index contributed by atoms with van der Waals surface area (Å²) in [4.78, 5) is 24.9. The van der Waals surface area contributed by atoms with Crippen molar-refractivity contribution in [1.29, 1.82) is 0 Å². The Labute approximate surface area is 190 Å². The van der Waals surface area contributed by atoms with Crippen LogP contribution in [-0.2, 0) is 12.8 Å². The predicted octanol–water partition coefficient (Wildman–Crippen LogP) is 4.49. The van der Waals surface area contributed by atoms with Gasteiger partial charge in [-0.1, -0.05) is 0 Å². The number of amides is 1. The average Bonchev–Trinajstić information content (AvgIpc) is 3.24. The van der Waals surface area contributed by atoms with E-state index in [-0.39, 0.29) is 46.0 Å². The zero-order chi connectivity index (χ0) is 22.9. The molecule has 0 saturated carbocycles. The number of aromatic nitrogens is 3. The number of pyridine rings is 1. The van der Waals surface area contributed by atoms with Crippen LogP contribution in [0.15, 0.2) is 28.7 Å². The lowest BCUT2D eigenvalue weighted by molar-refractivity contribution is 0.0123. The van der Waals surface area contributed by atoms with Crippen LogP contribution in [0.4, 0.5) is 14.5 Å². The molecule has 0 fully saturated rings. The normalized spacial score (nSPS) is 19.0. The number of halogens is 3. The first kappa shape index (κ1) is 20.1. The Morgan fingerprint density at radius 2 is 2.03 bits per heavy atom. The van der Waals surface area contributed by atoms with Gasteiger partial charge in [-0.15, -0.1) is 0 Å². The molecule has 1 aromatic carbocycles. The van der Waals surface area contributed by atoms with Crippen molar-refractivity contribution >= 4 is 45.1 Å². The third kappa shape index (κ3) is 3.32. The number of fused-ring (bicyclic) bond motifs is 6. The quantitative estimate of drug-likeness (QED) is 0.415. The molecule has 1 atom stereocenters. The molecule has 33 heavy (non-hydrogen) atoms. The third-order valence-electron chi connectivity index (χ3n) is 5.76. The second-order valence-electron chi connectivity index (χ2n) is 8.25. The number of nitrogens with one attached hydrogen (secondary N) is 2. The lowest BCUT2D eigenvalue weighted by Crippen LogP contribution is -2.34. The fourth-order valence-electron chi connectivity index (χ4n) is 4.32. The fraction of sp³-hybridized carbons (Fsp3) is 0.273. The van der Waals surface area contributed by atoms with Crippen molar-refractivity contribution in [2.75, 3.05) is 11.9 Å². The summed E-state index contributed by atoms with van der Waals surface area (Å²) in [7, 11) is 0. The van der Waals surface area contributed by atoms with Crippen LogP contribution in [0.2, 0.25) is 5.28 Å². The predicted molar refractivity (Wildman–Crippen MR) is 116 cm³/mol. The summed E-state index contributed by atoms with van der Waals surface area (Å²) in [5, 5.41) is 7.46. The minimum atomic E-state index is -2.92. The maximum atomic E-state index is 13.9. The van der Waals surface area contributed by atoms with Crippen LogP contribution in [0.1, 0.15) is 28.7 Å². The number of carbonyl (C=O) groups is 1. The van der Waals surface area contributed by atoms with Crippen molar-refractivity contribution in [3.63, 3.8) is 0 Å². The largest absolute Gasteiger partial charge is 0.449 e. The molecule has 168 valence electrons. The molecule has 11 heteroatoms. The molecule has 1 aliphatic carbocycles. The second-order valence-corrected chi connectivity index (χ2v) is 8.59. The molecule has 2 N–H and O–H groups in total. The average molecular weight is 472 g/mol. The summed E-state index contributed by atoms with van der Waals surface area (Å²) < 4.78 is 39.4. The van der Waals surface area contributed by atoms with E-state index in [1.165, 1.54) is 0 Å². The molecule has 8 nitrogen and oxygen atoms in total. The van der Waals surface area contributed by atoms with Crippen LogP contribution < -0.4 is 15.4 Å². The molecular weight excluding hydrogens is 456 g/mol. The molecule has 6 rings (SSSR count). The van der Waals surface area contributed by atoms with Crippen molar-refractivity contribution in [1.82, 2.24) is 20.3 Å². The van der Waals surface area contributed by atoms with E-state index in [2.05, 4.69) is 25.6 Å². The number of furan rings is 1. The smallest absolute Gasteiger partial charge is 0.289 e. The Kier molecular flexibility index (Phi) is 4.25. The van der Waals surface area contributed by atoms with E-state index >= 15 is 0 Å². The molecule has 0 spiro atoms. The molecule has 0 saturated heterocycles. The Hall–Kier alpha value is -3.53. The van der Waals surface area contributed by atoms with Crippen LogP contribution in [0.25, 0.3) is 21.9 Å². The molecular formula is C22H16ClF2N5O3. The Bertz CT molecular complexity index is 1470. The van der Waals surface area contributed by atoms with E-state index in [9.17, 15) is 13.6 Å². The van der Waals surface area contributed by atoms with E-state index in [1.807, 2.05) is 6.92 Å². The molecule has 0 bridgehead atoms. The molecule has 3 aromatic heterocycles. The Morgan fingerprint density at radius 1 is 1.18 bits per heavy atom. The second kappa shape index (κ2) is 6.98. The summed E-state index contributed by atoms with van der Waals surface area (Å²) in [6.07, 6.45) is -1.02. The highest BCUT2D eigenvalue weighted by molar-refractivity contribution is 6.28. The molecule has 1 amide bonds. The number of anilines is 1. The third-order valence-corrected chi connectivity index (χ3v) is 5.92. The van der Waals surface area contributed by atoms with Gasteiger partial charge in [0, 0.05) is 36.0 Å². The first-order chi connectivity index (χ1) is 15.8. The van der Waals surface area contributed by atoms with Gasteiger partial charge < -0.3 is 19.8 Å². The Morgan fingerprint density at radius 3 is 2.88 bits per heavy atom. The summed E-state index contributed by atoms with van der Waals surface area (Å²) in [6.45, 7) is 2.44. The molecule has 1 aliphatic heterocycles. The van der Waals surface area contributed by atoms with Gasteiger partial charge in [0.05, 0.1) is 28.7 Å². The molecule has 2 aliphatic rings. The standard InChI is InChI=1S/C22H16ClF2N5O3/c1-9-8-26-17-16-10-2-5-15(28-12(10)3-4-14(16)32-18(17)19(31)27-9)33-20-11-6-22(24,25)7-13(11)29-21(23)30-20/h2-5,9,26H,6-8H2,1H3,(H,27,31). The van der Waals surface area contributed by atoms with Gasteiger partial charge in [0.25, 0.3) is 11.8 Å². The number of benzene rings is 1. The summed E-state index contributed by atoms with van der Waals surface area (Å²) >= 11 is 5.92. The highest BCUT2D eigenvalue weighted by Gasteiger charge is 2.41. The van der Waals surface area contributed by atoms with Gasteiger partial charge in [0.2, 0.25) is 22.8 Å². The van der Waals surface area contributed by atoms with Crippen molar-refractivity contribution < 1.29 is 22.7 Å². The van der Waals surface area contributed by atoms with Gasteiger partial charge in [0.1, 0.15) is 5.58 Å². The van der Waals surface area contributed by atoms with Crippen LogP contribution >= 0.6 is 11.6 Å². The maximum absolute atomic E-state index is 13.9. The number of ether oxygens (including phenoxy) is 1. The zero-order valence-electron chi connectivity index (χ0n) is 17.2. The van der Waals surface area contributed by atoms with E-state index in [1.54, 1.807) is 24.3 Å². The highest BCUT2D eigenvalue weighted by atomic mass is 35.5. The number of hydrogen-bond acceptors (Lipinski definition) is 7. The van der Waals surface area contributed by atoms with E-state index < -0.39 is 18.8 Å². The van der Waals surface area contributed by atoms with Crippen LogP contribution in [0.3, 0.4) is 0 Å². The van der Waals surface area contributed by atoms with Crippen LogP contribution in [0, 0.1) is 0 Å². The molecule has 4 heterocycles. The summed E-state index contributed by atoms with van der Waals surface area (Å²) in [6, 6.07) is 6.79. The molecule has 0 radical (unpaired) electrons. The lowest BCUT2D eigenvalue weighted by Gasteiger charge is -2.10. The molecule has 4 aromatic rings. The number of hydrogen-bond donors (Lipinski definition) is 2. The first-order valence-electron chi connectivity index (χ1n) is 10.3. The fourth-order valence-corrected chi connectivity index (χ4v) is 4.49. The monoisotopic (exact) mass is 471 g/mol. The molecule has 1 unspecified atom stereocenters. The zero-order valence-corrected chi connectivity index (χ0v) is 18.0. The van der Waals surface area contributed by atoms with Crippen molar-refractivity contribution in [2.24, 2.45) is 0 Å². The van der Waals surface area contributed by atoms with E-state index in [4.69, 9.17) is 20.8 Å². The number of rotatable bonds is 2. The van der Waals surface area contributed by atoms with E-state index in [0.29, 0.717) is 23.3 Å². The SMILES string of the molecule is CC1CNc2c(oc3ccc4nc(Oc5nc(Cl)nc6c5CC(F)(F)C6)ccc4c23)C(=O)N1. The van der Waals surface area contributed by atoms with Crippen LogP contribution in [0.5, 0.6) is 11.8 Å². The highest BCUT2D eigenvalue weighted by Crippen LogP contribution is 2.40. The van der Waals surface area contributed by atoms with Crippen molar-refractivity contribution in [3.05, 3.63) is 46.6 Å². The van der Waals surface area contributed by atoms with Crippen LogP contribution in [-0.4, -0.2) is 39.4 Å². The van der Waals surface area contributed by atoms with Gasteiger partial charge in [-0.25, -0.2) is 18.7 Å². The van der Waals surface area contributed by atoms with Gasteiger partial charge in [-0.2, -0.15) is 4.98 Å². The number of alkyl halides is 2.